The molecule has 2 aliphatic heterocycles. The Labute approximate surface area is 122 Å². The van der Waals surface area contributed by atoms with E-state index in [2.05, 4.69) is 24.5 Å². The fourth-order valence-electron chi connectivity index (χ4n) is 3.14. The molecular weight excluding hydrogens is 264 g/mol. The zero-order chi connectivity index (χ0) is 13.0. The fraction of sp³-hybridized carbons (Fsp3) is 0.929. The highest BCUT2D eigenvalue weighted by Gasteiger charge is 2.40. The SMILES string of the molecule is CCC1(C(=O)NC(C)C2CCOCC2)CCCN1.Cl. The van der Waals surface area contributed by atoms with E-state index in [0.717, 1.165) is 51.9 Å². The van der Waals surface area contributed by atoms with Crippen molar-refractivity contribution in [1.82, 2.24) is 10.6 Å². The van der Waals surface area contributed by atoms with Crippen LogP contribution in [-0.4, -0.2) is 37.2 Å². The van der Waals surface area contributed by atoms with Gasteiger partial charge in [-0.3, -0.25) is 4.79 Å². The normalized spacial score (nSPS) is 29.6. The molecule has 0 aromatic rings. The van der Waals surface area contributed by atoms with Gasteiger partial charge in [-0.15, -0.1) is 12.4 Å². The quantitative estimate of drug-likeness (QED) is 0.831. The molecule has 0 radical (unpaired) electrons. The largest absolute Gasteiger partial charge is 0.381 e. The molecule has 0 aromatic heterocycles. The summed E-state index contributed by atoms with van der Waals surface area (Å²) in [6.07, 6.45) is 5.07. The summed E-state index contributed by atoms with van der Waals surface area (Å²) in [6, 6.07) is 0.257. The van der Waals surface area contributed by atoms with Gasteiger partial charge in [-0.05, 0) is 51.5 Å². The van der Waals surface area contributed by atoms with E-state index in [-0.39, 0.29) is 29.9 Å². The number of carbonyl (C=O) groups excluding carboxylic acids is 1. The smallest absolute Gasteiger partial charge is 0.240 e. The van der Waals surface area contributed by atoms with Crippen LogP contribution in [0, 0.1) is 5.92 Å². The van der Waals surface area contributed by atoms with Crippen molar-refractivity contribution in [3.8, 4) is 0 Å². The molecule has 0 aliphatic carbocycles. The number of halogens is 1. The zero-order valence-electron chi connectivity index (χ0n) is 12.0. The van der Waals surface area contributed by atoms with Gasteiger partial charge in [0, 0.05) is 19.3 Å². The third kappa shape index (κ3) is 3.83. The number of nitrogens with one attached hydrogen (secondary N) is 2. The minimum atomic E-state index is -0.306. The molecule has 0 spiro atoms. The predicted octanol–water partition coefficient (Wildman–Crippen LogP) is 1.87. The second-order valence-corrected chi connectivity index (χ2v) is 5.68. The molecule has 2 saturated heterocycles. The van der Waals surface area contributed by atoms with Crippen LogP contribution < -0.4 is 10.6 Å². The number of carbonyl (C=O) groups is 1. The van der Waals surface area contributed by atoms with Gasteiger partial charge in [0.25, 0.3) is 0 Å². The lowest BCUT2D eigenvalue weighted by molar-refractivity contribution is -0.128. The fourth-order valence-corrected chi connectivity index (χ4v) is 3.14. The van der Waals surface area contributed by atoms with E-state index in [0.29, 0.717) is 5.92 Å². The van der Waals surface area contributed by atoms with Crippen LogP contribution in [0.15, 0.2) is 0 Å². The van der Waals surface area contributed by atoms with Crippen LogP contribution in [0.3, 0.4) is 0 Å². The summed E-state index contributed by atoms with van der Waals surface area (Å²) < 4.78 is 5.37. The molecule has 0 saturated carbocycles. The molecule has 2 atom stereocenters. The van der Waals surface area contributed by atoms with Gasteiger partial charge < -0.3 is 15.4 Å². The average molecular weight is 291 g/mol. The van der Waals surface area contributed by atoms with Crippen molar-refractivity contribution < 1.29 is 9.53 Å². The van der Waals surface area contributed by atoms with Crippen molar-refractivity contribution in [2.45, 2.75) is 57.5 Å². The first kappa shape index (κ1) is 16.7. The van der Waals surface area contributed by atoms with Crippen LogP contribution in [0.2, 0.25) is 0 Å². The van der Waals surface area contributed by atoms with Crippen LogP contribution in [-0.2, 0) is 9.53 Å². The molecule has 4 nitrogen and oxygen atoms in total. The zero-order valence-corrected chi connectivity index (χ0v) is 12.9. The second kappa shape index (κ2) is 7.46. The number of amides is 1. The Morgan fingerprint density at radius 1 is 1.47 bits per heavy atom. The summed E-state index contributed by atoms with van der Waals surface area (Å²) in [5, 5.41) is 6.62. The van der Waals surface area contributed by atoms with Crippen molar-refractivity contribution in [2.24, 2.45) is 5.92 Å². The molecule has 112 valence electrons. The molecule has 0 aromatic carbocycles. The Bertz CT molecular complexity index is 287. The summed E-state index contributed by atoms with van der Waals surface area (Å²) in [5.74, 6) is 0.763. The molecule has 2 unspecified atom stereocenters. The van der Waals surface area contributed by atoms with E-state index in [9.17, 15) is 4.79 Å². The van der Waals surface area contributed by atoms with Gasteiger partial charge in [0.1, 0.15) is 0 Å². The van der Waals surface area contributed by atoms with Crippen molar-refractivity contribution >= 4 is 18.3 Å². The molecule has 19 heavy (non-hydrogen) atoms. The van der Waals surface area contributed by atoms with E-state index >= 15 is 0 Å². The van der Waals surface area contributed by atoms with Gasteiger partial charge in [0.05, 0.1) is 5.54 Å². The highest BCUT2D eigenvalue weighted by atomic mass is 35.5. The monoisotopic (exact) mass is 290 g/mol. The van der Waals surface area contributed by atoms with Crippen molar-refractivity contribution in [2.75, 3.05) is 19.8 Å². The van der Waals surface area contributed by atoms with Crippen molar-refractivity contribution in [3.05, 3.63) is 0 Å². The molecule has 1 amide bonds. The van der Waals surface area contributed by atoms with Gasteiger partial charge in [-0.25, -0.2) is 0 Å². The van der Waals surface area contributed by atoms with Crippen molar-refractivity contribution in [1.29, 1.82) is 0 Å². The summed E-state index contributed by atoms with van der Waals surface area (Å²) in [6.45, 7) is 6.86. The van der Waals surface area contributed by atoms with Crippen LogP contribution in [0.4, 0.5) is 0 Å². The lowest BCUT2D eigenvalue weighted by Gasteiger charge is -2.33. The first-order valence-electron chi connectivity index (χ1n) is 7.32. The second-order valence-electron chi connectivity index (χ2n) is 5.68. The number of hydrogen-bond donors (Lipinski definition) is 2. The first-order valence-corrected chi connectivity index (χ1v) is 7.32. The molecule has 2 rings (SSSR count). The van der Waals surface area contributed by atoms with E-state index in [1.54, 1.807) is 0 Å². The van der Waals surface area contributed by atoms with Gasteiger partial charge >= 0.3 is 0 Å². The number of rotatable bonds is 4. The van der Waals surface area contributed by atoms with Crippen LogP contribution in [0.25, 0.3) is 0 Å². The third-order valence-corrected chi connectivity index (χ3v) is 4.61. The van der Waals surface area contributed by atoms with Gasteiger partial charge in [-0.1, -0.05) is 6.92 Å². The highest BCUT2D eigenvalue weighted by Crippen LogP contribution is 2.25. The Morgan fingerprint density at radius 3 is 2.68 bits per heavy atom. The van der Waals surface area contributed by atoms with Crippen LogP contribution >= 0.6 is 12.4 Å². The third-order valence-electron chi connectivity index (χ3n) is 4.61. The highest BCUT2D eigenvalue weighted by molar-refractivity contribution is 5.86. The molecule has 2 aliphatic rings. The predicted molar refractivity (Wildman–Crippen MR) is 78.7 cm³/mol. The maximum atomic E-state index is 12.4. The standard InChI is InChI=1S/C14H26N2O2.ClH/c1-3-14(7-4-8-15-14)13(17)16-11(2)12-5-9-18-10-6-12;/h11-12,15H,3-10H2,1-2H3,(H,16,17);1H. The molecular formula is C14H27ClN2O2. The first-order chi connectivity index (χ1) is 8.68. The molecule has 2 fully saturated rings. The summed E-state index contributed by atoms with van der Waals surface area (Å²) in [7, 11) is 0. The minimum absolute atomic E-state index is 0. The average Bonchev–Trinajstić information content (AvgIpc) is 2.89. The molecule has 2 N–H and O–H groups in total. The lowest BCUT2D eigenvalue weighted by Crippen LogP contribution is -2.56. The van der Waals surface area contributed by atoms with Gasteiger partial charge in [0.2, 0.25) is 5.91 Å². The Kier molecular flexibility index (Phi) is 6.57. The van der Waals surface area contributed by atoms with E-state index in [1.807, 2.05) is 0 Å². The summed E-state index contributed by atoms with van der Waals surface area (Å²) in [5.41, 5.74) is -0.306. The molecule has 5 heteroatoms. The lowest BCUT2D eigenvalue weighted by atomic mass is 9.89. The van der Waals surface area contributed by atoms with E-state index in [4.69, 9.17) is 4.74 Å². The van der Waals surface area contributed by atoms with E-state index in [1.165, 1.54) is 0 Å². The Balaban J connectivity index is 0.00000180. The summed E-state index contributed by atoms with van der Waals surface area (Å²) in [4.78, 5) is 12.4. The number of hydrogen-bond acceptors (Lipinski definition) is 3. The topological polar surface area (TPSA) is 50.4 Å². The van der Waals surface area contributed by atoms with Crippen molar-refractivity contribution in [3.63, 3.8) is 0 Å². The maximum Gasteiger partial charge on any atom is 0.240 e. The van der Waals surface area contributed by atoms with Crippen LogP contribution in [0.1, 0.15) is 46.0 Å². The Morgan fingerprint density at radius 2 is 2.16 bits per heavy atom. The summed E-state index contributed by atoms with van der Waals surface area (Å²) >= 11 is 0. The molecule has 0 bridgehead atoms. The van der Waals surface area contributed by atoms with Crippen LogP contribution in [0.5, 0.6) is 0 Å². The molecule has 2 heterocycles. The van der Waals surface area contributed by atoms with Gasteiger partial charge in [-0.2, -0.15) is 0 Å². The minimum Gasteiger partial charge on any atom is -0.381 e. The number of ether oxygens (including phenoxy) is 1. The maximum absolute atomic E-state index is 12.4. The van der Waals surface area contributed by atoms with Gasteiger partial charge in [0.15, 0.2) is 0 Å². The Hall–Kier alpha value is -0.320. The van der Waals surface area contributed by atoms with E-state index < -0.39 is 0 Å².